The molecule has 0 aromatic heterocycles. The van der Waals surface area contributed by atoms with Gasteiger partial charge in [-0.05, 0) is 30.7 Å². The van der Waals surface area contributed by atoms with Gasteiger partial charge in [0, 0.05) is 6.26 Å². The number of hydrogen-bond donors (Lipinski definition) is 0. The van der Waals surface area contributed by atoms with Crippen molar-refractivity contribution < 1.29 is 17.9 Å². The molecular weight excluding hydrogens is 228 g/mol. The van der Waals surface area contributed by atoms with Gasteiger partial charge in [-0.25, -0.2) is 8.42 Å². The fourth-order valence-electron chi connectivity index (χ4n) is 1.48. The fraction of sp³-hybridized carbons (Fsp3) is 0.455. The molecule has 1 unspecified atom stereocenters. The van der Waals surface area contributed by atoms with Gasteiger partial charge in [-0.2, -0.15) is 0 Å². The highest BCUT2D eigenvalue weighted by molar-refractivity contribution is 7.90. The normalized spacial score (nSPS) is 19.5. The van der Waals surface area contributed by atoms with Gasteiger partial charge in [0.25, 0.3) is 0 Å². The summed E-state index contributed by atoms with van der Waals surface area (Å²) in [6.07, 6.45) is 1.41. The third-order valence-corrected chi connectivity index (χ3v) is 3.64. The predicted molar refractivity (Wildman–Crippen MR) is 59.5 cm³/mol. The molecular formula is C11H14O4S. The summed E-state index contributed by atoms with van der Waals surface area (Å²) in [6, 6.07) is 4.98. The van der Waals surface area contributed by atoms with Crippen LogP contribution in [0.1, 0.15) is 5.56 Å². The van der Waals surface area contributed by atoms with E-state index < -0.39 is 9.84 Å². The van der Waals surface area contributed by atoms with Gasteiger partial charge in [-0.1, -0.05) is 0 Å². The number of ether oxygens (including phenoxy) is 2. The van der Waals surface area contributed by atoms with Crippen LogP contribution in [0.4, 0.5) is 0 Å². The fourth-order valence-corrected chi connectivity index (χ4v) is 2.44. The molecule has 0 aliphatic carbocycles. The second kappa shape index (κ2) is 4.07. The maximum Gasteiger partial charge on any atom is 0.175 e. The minimum atomic E-state index is -3.15. The van der Waals surface area contributed by atoms with E-state index in [2.05, 4.69) is 0 Å². The molecule has 2 rings (SSSR count). The molecule has 88 valence electrons. The van der Waals surface area contributed by atoms with Crippen LogP contribution in [0.2, 0.25) is 0 Å². The molecule has 1 fully saturated rings. The first-order chi connectivity index (χ1) is 7.47. The minimum absolute atomic E-state index is 0.204. The number of aryl methyl sites for hydroxylation is 1. The van der Waals surface area contributed by atoms with E-state index in [1.807, 2.05) is 0 Å². The van der Waals surface area contributed by atoms with Crippen LogP contribution in [0.3, 0.4) is 0 Å². The smallest absolute Gasteiger partial charge is 0.175 e. The molecule has 0 spiro atoms. The van der Waals surface area contributed by atoms with Gasteiger partial charge in [0.1, 0.15) is 18.5 Å². The van der Waals surface area contributed by atoms with Crippen molar-refractivity contribution in [1.82, 2.24) is 0 Å². The lowest BCUT2D eigenvalue weighted by molar-refractivity contribution is 0.263. The van der Waals surface area contributed by atoms with Crippen LogP contribution in [-0.4, -0.2) is 34.0 Å². The number of benzene rings is 1. The van der Waals surface area contributed by atoms with E-state index in [-0.39, 0.29) is 6.10 Å². The zero-order valence-electron chi connectivity index (χ0n) is 9.26. The van der Waals surface area contributed by atoms with Crippen molar-refractivity contribution in [3.8, 4) is 5.75 Å². The van der Waals surface area contributed by atoms with E-state index in [1.165, 1.54) is 6.26 Å². The summed E-state index contributed by atoms with van der Waals surface area (Å²) in [5, 5.41) is 0. The Labute approximate surface area is 95.1 Å². The number of hydrogen-bond acceptors (Lipinski definition) is 4. The average molecular weight is 242 g/mol. The van der Waals surface area contributed by atoms with E-state index >= 15 is 0 Å². The van der Waals surface area contributed by atoms with Gasteiger partial charge in [-0.3, -0.25) is 0 Å². The van der Waals surface area contributed by atoms with E-state index in [0.717, 1.165) is 6.61 Å². The zero-order valence-corrected chi connectivity index (χ0v) is 10.1. The molecule has 5 heteroatoms. The molecule has 0 bridgehead atoms. The second-order valence-corrected chi connectivity index (χ2v) is 5.95. The molecule has 4 nitrogen and oxygen atoms in total. The molecule has 16 heavy (non-hydrogen) atoms. The molecule has 1 atom stereocenters. The number of rotatable bonds is 4. The van der Waals surface area contributed by atoms with Crippen LogP contribution in [0.5, 0.6) is 5.75 Å². The lowest BCUT2D eigenvalue weighted by Gasteiger charge is -2.08. The van der Waals surface area contributed by atoms with Gasteiger partial charge in [-0.15, -0.1) is 0 Å². The summed E-state index contributed by atoms with van der Waals surface area (Å²) in [7, 11) is -3.15. The summed E-state index contributed by atoms with van der Waals surface area (Å²) < 4.78 is 33.2. The van der Waals surface area contributed by atoms with Crippen molar-refractivity contribution >= 4 is 9.84 Å². The molecule has 1 aliphatic heterocycles. The third kappa shape index (κ3) is 2.74. The quantitative estimate of drug-likeness (QED) is 0.744. The van der Waals surface area contributed by atoms with Gasteiger partial charge in [0.05, 0.1) is 11.5 Å². The first kappa shape index (κ1) is 11.4. The monoisotopic (exact) mass is 242 g/mol. The highest BCUT2D eigenvalue weighted by Gasteiger charge is 2.23. The summed E-state index contributed by atoms with van der Waals surface area (Å²) in [4.78, 5) is 0.350. The van der Waals surface area contributed by atoms with Crippen LogP contribution in [-0.2, 0) is 14.6 Å². The molecule has 0 N–H and O–H groups in total. The van der Waals surface area contributed by atoms with Crippen LogP contribution in [0, 0.1) is 6.92 Å². The molecule has 0 saturated carbocycles. The Kier molecular flexibility index (Phi) is 2.90. The van der Waals surface area contributed by atoms with Crippen molar-refractivity contribution in [1.29, 1.82) is 0 Å². The Balaban J connectivity index is 2.15. The lowest BCUT2D eigenvalue weighted by Crippen LogP contribution is -2.05. The van der Waals surface area contributed by atoms with Crippen molar-refractivity contribution in [2.75, 3.05) is 19.5 Å². The molecule has 0 radical (unpaired) electrons. The van der Waals surface area contributed by atoms with Crippen molar-refractivity contribution in [2.45, 2.75) is 17.9 Å². The Morgan fingerprint density at radius 2 is 2.19 bits per heavy atom. The highest BCUT2D eigenvalue weighted by Crippen LogP contribution is 2.22. The first-order valence-electron chi connectivity index (χ1n) is 5.02. The largest absolute Gasteiger partial charge is 0.491 e. The Hall–Kier alpha value is -1.07. The standard InChI is InChI=1S/C11H14O4S/c1-8-5-9(14-6-10-7-15-10)3-4-11(8)16(2,12)13/h3-5,10H,6-7H2,1-2H3. The maximum absolute atomic E-state index is 11.4. The summed E-state index contributed by atoms with van der Waals surface area (Å²) in [6.45, 7) is 3.04. The molecule has 1 aromatic carbocycles. The van der Waals surface area contributed by atoms with Crippen molar-refractivity contribution in [2.24, 2.45) is 0 Å². The SMILES string of the molecule is Cc1cc(OCC2CO2)ccc1S(C)(=O)=O. The number of epoxide rings is 1. The van der Waals surface area contributed by atoms with Gasteiger partial charge in [0.2, 0.25) is 0 Å². The van der Waals surface area contributed by atoms with E-state index in [0.29, 0.717) is 22.8 Å². The predicted octanol–water partition coefficient (Wildman–Crippen LogP) is 1.18. The van der Waals surface area contributed by atoms with Crippen LogP contribution >= 0.6 is 0 Å². The van der Waals surface area contributed by atoms with Crippen LogP contribution in [0.25, 0.3) is 0 Å². The Bertz CT molecular complexity index is 489. The van der Waals surface area contributed by atoms with Gasteiger partial charge < -0.3 is 9.47 Å². The topological polar surface area (TPSA) is 55.9 Å². The van der Waals surface area contributed by atoms with Gasteiger partial charge >= 0.3 is 0 Å². The molecule has 0 amide bonds. The van der Waals surface area contributed by atoms with Crippen LogP contribution < -0.4 is 4.74 Å². The van der Waals surface area contributed by atoms with Crippen LogP contribution in [0.15, 0.2) is 23.1 Å². The summed E-state index contributed by atoms with van der Waals surface area (Å²) in [5.41, 5.74) is 0.705. The Morgan fingerprint density at radius 3 is 2.69 bits per heavy atom. The van der Waals surface area contributed by atoms with Gasteiger partial charge in [0.15, 0.2) is 9.84 Å². The molecule has 1 saturated heterocycles. The Morgan fingerprint density at radius 1 is 1.50 bits per heavy atom. The summed E-state index contributed by atoms with van der Waals surface area (Å²) in [5.74, 6) is 0.681. The number of sulfone groups is 1. The van der Waals surface area contributed by atoms with E-state index in [1.54, 1.807) is 25.1 Å². The second-order valence-electron chi connectivity index (χ2n) is 3.97. The first-order valence-corrected chi connectivity index (χ1v) is 6.91. The average Bonchev–Trinajstić information content (AvgIpc) is 2.96. The van der Waals surface area contributed by atoms with E-state index in [4.69, 9.17) is 9.47 Å². The molecule has 1 heterocycles. The minimum Gasteiger partial charge on any atom is -0.491 e. The molecule has 1 aromatic rings. The van der Waals surface area contributed by atoms with Crippen molar-refractivity contribution in [3.63, 3.8) is 0 Å². The highest BCUT2D eigenvalue weighted by atomic mass is 32.2. The van der Waals surface area contributed by atoms with E-state index in [9.17, 15) is 8.42 Å². The molecule has 1 aliphatic rings. The third-order valence-electron chi connectivity index (χ3n) is 2.38. The summed E-state index contributed by atoms with van der Waals surface area (Å²) >= 11 is 0. The lowest BCUT2D eigenvalue weighted by atomic mass is 10.2. The maximum atomic E-state index is 11.4. The zero-order chi connectivity index (χ0) is 11.8. The van der Waals surface area contributed by atoms with Crippen molar-refractivity contribution in [3.05, 3.63) is 23.8 Å².